The van der Waals surface area contributed by atoms with Crippen molar-refractivity contribution in [2.45, 2.75) is 62.5 Å². The zero-order valence-corrected chi connectivity index (χ0v) is 28.7. The number of amides is 3. The number of hydrogen-bond acceptors (Lipinski definition) is 8. The van der Waals surface area contributed by atoms with Gasteiger partial charge in [-0.3, -0.25) is 4.79 Å². The second kappa shape index (κ2) is 16.5. The van der Waals surface area contributed by atoms with E-state index >= 15 is 0 Å². The Kier molecular flexibility index (Phi) is 12.7. The highest BCUT2D eigenvalue weighted by Gasteiger charge is 2.32. The van der Waals surface area contributed by atoms with Crippen LogP contribution in [0.2, 0.25) is 0 Å². The molecule has 0 saturated carbocycles. The van der Waals surface area contributed by atoms with Crippen molar-refractivity contribution in [3.63, 3.8) is 0 Å². The molecule has 1 aliphatic rings. The molecule has 1 aliphatic heterocycles. The lowest BCUT2D eigenvalue weighted by atomic mass is 10.0. The minimum Gasteiger partial charge on any atom is -0.490 e. The molecule has 4 rings (SSSR count). The molecule has 3 N–H and O–H groups in total. The van der Waals surface area contributed by atoms with Gasteiger partial charge in [-0.25, -0.2) is 17.6 Å². The summed E-state index contributed by atoms with van der Waals surface area (Å²) in [7, 11) is -2.21. The van der Waals surface area contributed by atoms with Crippen LogP contribution in [0.3, 0.4) is 0 Å². The fraction of sp³-hybridized carbons (Fsp3) is 0.455. The van der Waals surface area contributed by atoms with Gasteiger partial charge < -0.3 is 30.1 Å². The molecule has 1 aromatic heterocycles. The summed E-state index contributed by atoms with van der Waals surface area (Å²) in [6.45, 7) is 5.83. The van der Waals surface area contributed by atoms with Crippen LogP contribution < -0.4 is 15.4 Å². The van der Waals surface area contributed by atoms with E-state index in [4.69, 9.17) is 9.47 Å². The van der Waals surface area contributed by atoms with Crippen LogP contribution >= 0.6 is 11.3 Å². The number of sulfonamides is 1. The third-order valence-electron chi connectivity index (χ3n) is 8.01. The van der Waals surface area contributed by atoms with E-state index in [2.05, 4.69) is 10.6 Å². The molecule has 0 radical (unpaired) electrons. The quantitative estimate of drug-likeness (QED) is 0.278. The fourth-order valence-electron chi connectivity index (χ4n) is 5.20. The van der Waals surface area contributed by atoms with Crippen LogP contribution in [0.15, 0.2) is 64.2 Å². The Morgan fingerprint density at radius 3 is 2.51 bits per heavy atom. The molecule has 14 heteroatoms. The van der Waals surface area contributed by atoms with E-state index < -0.39 is 39.9 Å². The van der Waals surface area contributed by atoms with Gasteiger partial charge in [0, 0.05) is 44.0 Å². The minimum atomic E-state index is -3.73. The van der Waals surface area contributed by atoms with Crippen molar-refractivity contribution in [1.29, 1.82) is 0 Å². The Labute approximate surface area is 279 Å². The number of nitrogens with one attached hydrogen (secondary N) is 2. The van der Waals surface area contributed by atoms with E-state index in [1.54, 1.807) is 36.6 Å². The smallest absolute Gasteiger partial charge is 0.323 e. The number of likely N-dealkylation sites (N-methyl/N-ethyl adjacent to an activating group) is 1. The van der Waals surface area contributed by atoms with Gasteiger partial charge in [-0.15, -0.1) is 11.3 Å². The van der Waals surface area contributed by atoms with Crippen molar-refractivity contribution < 1.29 is 37.0 Å². The van der Waals surface area contributed by atoms with E-state index in [1.807, 2.05) is 13.8 Å². The summed E-state index contributed by atoms with van der Waals surface area (Å²) in [4.78, 5) is 28.6. The Morgan fingerprint density at radius 2 is 1.83 bits per heavy atom. The molecule has 4 atom stereocenters. The number of anilines is 2. The van der Waals surface area contributed by atoms with Crippen LogP contribution in [0.5, 0.6) is 5.75 Å². The average Bonchev–Trinajstić information content (AvgIpc) is 3.60. The molecule has 47 heavy (non-hydrogen) atoms. The Hall–Kier alpha value is -3.56. The third kappa shape index (κ3) is 9.73. The summed E-state index contributed by atoms with van der Waals surface area (Å²) in [5.41, 5.74) is 0.897. The molecule has 3 amide bonds. The van der Waals surface area contributed by atoms with Crippen LogP contribution in [-0.4, -0.2) is 86.3 Å². The lowest BCUT2D eigenvalue weighted by Crippen LogP contribution is -2.48. The molecular weight excluding hydrogens is 648 g/mol. The van der Waals surface area contributed by atoms with Crippen LogP contribution in [0, 0.1) is 11.7 Å². The predicted molar refractivity (Wildman–Crippen MR) is 180 cm³/mol. The number of ether oxygens (including phenoxy) is 2. The summed E-state index contributed by atoms with van der Waals surface area (Å²) < 4.78 is 53.8. The summed E-state index contributed by atoms with van der Waals surface area (Å²) in [6.07, 6.45) is 1.40. The number of rotatable bonds is 8. The van der Waals surface area contributed by atoms with Crippen molar-refractivity contribution in [3.05, 3.63) is 71.4 Å². The molecule has 0 bridgehead atoms. The van der Waals surface area contributed by atoms with Gasteiger partial charge in [0.1, 0.15) is 15.8 Å². The van der Waals surface area contributed by atoms with Gasteiger partial charge in [0.25, 0.3) is 15.9 Å². The maximum atomic E-state index is 14.3. The minimum absolute atomic E-state index is 0.0737. The Morgan fingerprint density at radius 1 is 1.13 bits per heavy atom. The number of carbonyl (C=O) groups is 2. The molecule has 2 heterocycles. The molecular formula is C33H43FN4O7S2. The van der Waals surface area contributed by atoms with Gasteiger partial charge in [0.15, 0.2) is 0 Å². The van der Waals surface area contributed by atoms with Crippen LogP contribution in [0.25, 0.3) is 0 Å². The van der Waals surface area contributed by atoms with Crippen molar-refractivity contribution in [2.75, 3.05) is 44.0 Å². The lowest BCUT2D eigenvalue weighted by molar-refractivity contribution is -0.00832. The second-order valence-corrected chi connectivity index (χ2v) is 15.0. The topological polar surface area (TPSA) is 138 Å². The number of hydrogen-bond donors (Lipinski definition) is 3. The van der Waals surface area contributed by atoms with E-state index in [-0.39, 0.29) is 41.5 Å². The van der Waals surface area contributed by atoms with Crippen molar-refractivity contribution in [3.8, 4) is 5.75 Å². The molecule has 0 aliphatic carbocycles. The zero-order chi connectivity index (χ0) is 34.1. The van der Waals surface area contributed by atoms with Gasteiger partial charge in [0.05, 0.1) is 30.4 Å². The largest absolute Gasteiger partial charge is 0.490 e. The Bertz CT molecular complexity index is 1590. The fourth-order valence-corrected chi connectivity index (χ4v) is 7.59. The maximum Gasteiger partial charge on any atom is 0.323 e. The number of carbonyl (C=O) groups excluding carboxylic acids is 2. The number of urea groups is 1. The van der Waals surface area contributed by atoms with Crippen molar-refractivity contribution in [1.82, 2.24) is 9.21 Å². The van der Waals surface area contributed by atoms with Gasteiger partial charge in [-0.1, -0.05) is 13.0 Å². The van der Waals surface area contributed by atoms with Crippen molar-refractivity contribution >= 4 is 44.7 Å². The number of fused-ring (bicyclic) bond motifs is 1. The summed E-state index contributed by atoms with van der Waals surface area (Å²) >= 11 is 1.14. The lowest BCUT2D eigenvalue weighted by Gasteiger charge is -2.35. The summed E-state index contributed by atoms with van der Waals surface area (Å²) in [5.74, 6) is -0.859. The number of aliphatic hydroxyl groups is 1. The summed E-state index contributed by atoms with van der Waals surface area (Å²) in [5, 5.41) is 17.2. The maximum absolute atomic E-state index is 14.3. The van der Waals surface area contributed by atoms with Gasteiger partial charge >= 0.3 is 6.03 Å². The molecule has 0 spiro atoms. The van der Waals surface area contributed by atoms with Gasteiger partial charge in [0.2, 0.25) is 0 Å². The van der Waals surface area contributed by atoms with Gasteiger partial charge in [-0.05, 0) is 87.0 Å². The molecule has 3 aromatic rings. The second-order valence-electron chi connectivity index (χ2n) is 11.8. The molecule has 0 unspecified atom stereocenters. The van der Waals surface area contributed by atoms with Crippen LogP contribution in [-0.2, 0) is 14.8 Å². The molecule has 256 valence electrons. The normalized spacial score (nSPS) is 20.5. The first-order valence-electron chi connectivity index (χ1n) is 15.6. The zero-order valence-electron chi connectivity index (χ0n) is 27.0. The third-order valence-corrected chi connectivity index (χ3v) is 11.2. The molecule has 0 saturated heterocycles. The predicted octanol–water partition coefficient (Wildman–Crippen LogP) is 5.65. The highest BCUT2D eigenvalue weighted by molar-refractivity contribution is 7.91. The highest BCUT2D eigenvalue weighted by Crippen LogP contribution is 2.29. The Balaban J connectivity index is 1.62. The monoisotopic (exact) mass is 690 g/mol. The van der Waals surface area contributed by atoms with E-state index in [9.17, 15) is 27.5 Å². The first-order valence-corrected chi connectivity index (χ1v) is 17.9. The average molecular weight is 691 g/mol. The molecule has 11 nitrogen and oxygen atoms in total. The number of nitrogens with zero attached hydrogens (tertiary/aromatic N) is 2. The van der Waals surface area contributed by atoms with Gasteiger partial charge in [-0.2, -0.15) is 4.31 Å². The first-order chi connectivity index (χ1) is 22.4. The molecule has 0 fully saturated rings. The standard InChI is InChI=1S/C33H43FN4O7S2/c1-22-19-38(23(2)21-39)32(40)28-18-27(36-33(41)35-26-12-10-25(34)11-13-26)14-15-29(28)45-24(3)8-5-6-16-44-30(22)20-37(4)47(42,43)31-9-7-17-46-31/h7,9-15,17-18,22-24,30,39H,5-6,8,16,19-21H2,1-4H3,(H2,35,36,41)/t22-,23-,24-,30+/m0/s1. The molecule has 2 aromatic carbocycles. The highest BCUT2D eigenvalue weighted by atomic mass is 32.2. The van der Waals surface area contributed by atoms with Crippen LogP contribution in [0.1, 0.15) is 50.4 Å². The number of halogens is 1. The SMILES string of the molecule is C[C@H]1CCCCO[C@H](CN(C)S(=O)(=O)c2cccs2)[C@@H](C)CN([C@@H](C)CO)C(=O)c2cc(NC(=O)Nc3ccc(F)cc3)ccc2O1. The number of benzene rings is 2. The number of aliphatic hydroxyl groups excluding tert-OH is 1. The first kappa shape index (κ1) is 36.3. The summed E-state index contributed by atoms with van der Waals surface area (Å²) in [6, 6.07) is 12.2. The van der Waals surface area contributed by atoms with Crippen LogP contribution in [0.4, 0.5) is 20.6 Å². The number of thiophene rings is 1. The van der Waals surface area contributed by atoms with E-state index in [0.29, 0.717) is 30.2 Å². The van der Waals surface area contributed by atoms with E-state index in [1.165, 1.54) is 46.6 Å². The van der Waals surface area contributed by atoms with E-state index in [0.717, 1.165) is 24.2 Å². The van der Waals surface area contributed by atoms with Crippen molar-refractivity contribution in [2.24, 2.45) is 5.92 Å².